The minimum atomic E-state index is -0.699. The van der Waals surface area contributed by atoms with E-state index >= 15 is 0 Å². The molecular weight excluding hydrogens is 350 g/mol. The lowest BCUT2D eigenvalue weighted by molar-refractivity contribution is -0.143. The molecule has 1 aromatic rings. The van der Waals surface area contributed by atoms with Gasteiger partial charge in [0.2, 0.25) is 0 Å². The van der Waals surface area contributed by atoms with Gasteiger partial charge in [0.1, 0.15) is 0 Å². The van der Waals surface area contributed by atoms with Crippen LogP contribution in [0.1, 0.15) is 25.3 Å². The first-order valence-electron chi connectivity index (χ1n) is 7.49. The van der Waals surface area contributed by atoms with Gasteiger partial charge in [-0.3, -0.25) is 9.69 Å². The molecule has 122 valence electrons. The van der Waals surface area contributed by atoms with Crippen molar-refractivity contribution in [3.63, 3.8) is 0 Å². The molecule has 0 saturated carbocycles. The third-order valence-electron chi connectivity index (χ3n) is 3.84. The average molecular weight is 372 g/mol. The Bertz CT molecular complexity index is 535. The van der Waals surface area contributed by atoms with Gasteiger partial charge in [0.15, 0.2) is 11.5 Å². The molecule has 1 unspecified atom stereocenters. The number of piperidine rings is 1. The van der Waals surface area contributed by atoms with Crippen LogP contribution in [-0.4, -0.2) is 42.8 Å². The molecule has 0 amide bonds. The number of halogens is 1. The van der Waals surface area contributed by atoms with Crippen molar-refractivity contribution >= 4 is 21.9 Å². The minimum Gasteiger partial charge on any atom is -0.493 e. The van der Waals surface area contributed by atoms with E-state index in [1.54, 1.807) is 7.11 Å². The lowest BCUT2D eigenvalue weighted by Crippen LogP contribution is -2.38. The van der Waals surface area contributed by atoms with Gasteiger partial charge in [0, 0.05) is 13.1 Å². The molecule has 6 heteroatoms. The van der Waals surface area contributed by atoms with Crippen LogP contribution in [0.5, 0.6) is 11.5 Å². The summed E-state index contributed by atoms with van der Waals surface area (Å²) in [4.78, 5) is 13.3. The van der Waals surface area contributed by atoms with Gasteiger partial charge >= 0.3 is 5.97 Å². The summed E-state index contributed by atoms with van der Waals surface area (Å²) in [5, 5.41) is 9.17. The zero-order chi connectivity index (χ0) is 16.1. The topological polar surface area (TPSA) is 59.0 Å². The second kappa shape index (κ2) is 7.83. The minimum absolute atomic E-state index is 0.262. The fourth-order valence-electron chi connectivity index (χ4n) is 2.81. The van der Waals surface area contributed by atoms with Crippen LogP contribution in [0.25, 0.3) is 0 Å². The van der Waals surface area contributed by atoms with Gasteiger partial charge in [-0.05, 0) is 59.9 Å². The van der Waals surface area contributed by atoms with Crippen molar-refractivity contribution < 1.29 is 19.4 Å². The van der Waals surface area contributed by atoms with Crippen molar-refractivity contribution in [3.05, 3.63) is 22.2 Å². The number of carbonyl (C=O) groups is 1. The van der Waals surface area contributed by atoms with Crippen LogP contribution in [0.2, 0.25) is 0 Å². The number of hydrogen-bond acceptors (Lipinski definition) is 4. The number of nitrogens with zero attached hydrogens (tertiary/aromatic N) is 1. The van der Waals surface area contributed by atoms with E-state index < -0.39 is 5.97 Å². The quantitative estimate of drug-likeness (QED) is 0.832. The van der Waals surface area contributed by atoms with Crippen molar-refractivity contribution in [3.8, 4) is 11.5 Å². The van der Waals surface area contributed by atoms with E-state index in [-0.39, 0.29) is 5.92 Å². The maximum absolute atomic E-state index is 11.2. The first-order chi connectivity index (χ1) is 10.5. The smallest absolute Gasteiger partial charge is 0.307 e. The summed E-state index contributed by atoms with van der Waals surface area (Å²) in [6, 6.07) is 3.97. The average Bonchev–Trinajstić information content (AvgIpc) is 2.50. The summed E-state index contributed by atoms with van der Waals surface area (Å²) in [5.41, 5.74) is 1.08. The molecule has 22 heavy (non-hydrogen) atoms. The third-order valence-corrected chi connectivity index (χ3v) is 4.43. The van der Waals surface area contributed by atoms with E-state index in [0.717, 1.165) is 29.4 Å². The van der Waals surface area contributed by atoms with Crippen molar-refractivity contribution in [2.75, 3.05) is 26.8 Å². The Labute approximate surface area is 139 Å². The van der Waals surface area contributed by atoms with E-state index in [2.05, 4.69) is 20.8 Å². The van der Waals surface area contributed by atoms with Gasteiger partial charge in [0.25, 0.3) is 0 Å². The molecule has 1 N–H and O–H groups in total. The molecule has 0 bridgehead atoms. The molecular formula is C16H22BrNO4. The Morgan fingerprint density at radius 2 is 2.27 bits per heavy atom. The van der Waals surface area contributed by atoms with E-state index in [4.69, 9.17) is 9.47 Å². The van der Waals surface area contributed by atoms with Gasteiger partial charge < -0.3 is 14.6 Å². The molecule has 1 heterocycles. The molecule has 1 saturated heterocycles. The number of likely N-dealkylation sites (tertiary alicyclic amines) is 1. The predicted molar refractivity (Wildman–Crippen MR) is 87.5 cm³/mol. The normalized spacial score (nSPS) is 19.0. The fourth-order valence-corrected chi connectivity index (χ4v) is 3.41. The van der Waals surface area contributed by atoms with Gasteiger partial charge in [-0.2, -0.15) is 0 Å². The maximum Gasteiger partial charge on any atom is 0.307 e. The van der Waals surface area contributed by atoms with E-state index in [1.165, 1.54) is 0 Å². The Morgan fingerprint density at radius 1 is 1.50 bits per heavy atom. The van der Waals surface area contributed by atoms with Crippen LogP contribution in [0.4, 0.5) is 0 Å². The Balaban J connectivity index is 2.12. The Kier molecular flexibility index (Phi) is 6.08. The summed E-state index contributed by atoms with van der Waals surface area (Å²) in [7, 11) is 1.62. The standard InChI is InChI=1S/C16H22BrNO4/c1-3-22-15-13(17)7-11(8-14(15)21-2)9-18-6-4-5-12(10-18)16(19)20/h7-8,12H,3-6,9-10H2,1-2H3,(H,19,20). The molecule has 1 fully saturated rings. The number of hydrogen-bond donors (Lipinski definition) is 1. The second-order valence-electron chi connectivity index (χ2n) is 5.45. The summed E-state index contributed by atoms with van der Waals surface area (Å²) in [6.07, 6.45) is 1.69. The van der Waals surface area contributed by atoms with Crippen LogP contribution in [0, 0.1) is 5.92 Å². The molecule has 2 rings (SSSR count). The van der Waals surface area contributed by atoms with Crippen LogP contribution in [0.3, 0.4) is 0 Å². The Hall–Kier alpha value is -1.27. The first kappa shape index (κ1) is 17.1. The molecule has 1 atom stereocenters. The third kappa shape index (κ3) is 4.14. The van der Waals surface area contributed by atoms with Gasteiger partial charge in [-0.15, -0.1) is 0 Å². The molecule has 1 aliphatic rings. The van der Waals surface area contributed by atoms with Gasteiger partial charge in [-0.25, -0.2) is 0 Å². The summed E-state index contributed by atoms with van der Waals surface area (Å²) in [6.45, 7) is 4.74. The number of carboxylic acid groups (broad SMARTS) is 1. The zero-order valence-corrected chi connectivity index (χ0v) is 14.6. The van der Waals surface area contributed by atoms with Crippen LogP contribution in [-0.2, 0) is 11.3 Å². The van der Waals surface area contributed by atoms with Gasteiger partial charge in [-0.1, -0.05) is 0 Å². The molecule has 0 aliphatic carbocycles. The lowest BCUT2D eigenvalue weighted by atomic mass is 9.98. The number of benzene rings is 1. The van der Waals surface area contributed by atoms with Gasteiger partial charge in [0.05, 0.1) is 24.1 Å². The van der Waals surface area contributed by atoms with Crippen LogP contribution >= 0.6 is 15.9 Å². The molecule has 5 nitrogen and oxygen atoms in total. The first-order valence-corrected chi connectivity index (χ1v) is 8.28. The molecule has 0 spiro atoms. The highest BCUT2D eigenvalue weighted by Crippen LogP contribution is 2.37. The van der Waals surface area contributed by atoms with E-state index in [9.17, 15) is 9.90 Å². The summed E-state index contributed by atoms with van der Waals surface area (Å²) < 4.78 is 11.8. The summed E-state index contributed by atoms with van der Waals surface area (Å²) >= 11 is 3.52. The molecule has 0 aromatic heterocycles. The van der Waals surface area contributed by atoms with Crippen molar-refractivity contribution in [2.45, 2.75) is 26.3 Å². The molecule has 1 aromatic carbocycles. The van der Waals surface area contributed by atoms with Crippen molar-refractivity contribution in [2.24, 2.45) is 5.92 Å². The van der Waals surface area contributed by atoms with Crippen LogP contribution < -0.4 is 9.47 Å². The lowest BCUT2D eigenvalue weighted by Gasteiger charge is -2.30. The number of aliphatic carboxylic acids is 1. The monoisotopic (exact) mass is 371 g/mol. The largest absolute Gasteiger partial charge is 0.493 e. The van der Waals surface area contributed by atoms with Crippen molar-refractivity contribution in [1.82, 2.24) is 4.90 Å². The number of methoxy groups -OCH3 is 1. The molecule has 0 radical (unpaired) electrons. The van der Waals surface area contributed by atoms with Crippen molar-refractivity contribution in [1.29, 1.82) is 0 Å². The number of carboxylic acids is 1. The highest BCUT2D eigenvalue weighted by Gasteiger charge is 2.25. The van der Waals surface area contributed by atoms with E-state index in [1.807, 2.05) is 19.1 Å². The van der Waals surface area contributed by atoms with E-state index in [0.29, 0.717) is 31.2 Å². The second-order valence-corrected chi connectivity index (χ2v) is 6.31. The number of ether oxygens (including phenoxy) is 2. The Morgan fingerprint density at radius 3 is 2.91 bits per heavy atom. The predicted octanol–water partition coefficient (Wildman–Crippen LogP) is 3.15. The fraction of sp³-hybridized carbons (Fsp3) is 0.562. The molecule has 1 aliphatic heterocycles. The number of rotatable bonds is 6. The summed E-state index contributed by atoms with van der Waals surface area (Å²) in [5.74, 6) is 0.436. The highest BCUT2D eigenvalue weighted by atomic mass is 79.9. The van der Waals surface area contributed by atoms with Crippen LogP contribution in [0.15, 0.2) is 16.6 Å². The SMILES string of the molecule is CCOc1c(Br)cc(CN2CCCC(C(=O)O)C2)cc1OC. The maximum atomic E-state index is 11.2. The highest BCUT2D eigenvalue weighted by molar-refractivity contribution is 9.10. The zero-order valence-electron chi connectivity index (χ0n) is 13.0.